The highest BCUT2D eigenvalue weighted by Crippen LogP contribution is 2.12. The molecule has 94 valence electrons. The van der Waals surface area contributed by atoms with Crippen LogP contribution in [0.4, 0.5) is 8.78 Å². The lowest BCUT2D eigenvalue weighted by Gasteiger charge is -2.06. The quantitative estimate of drug-likeness (QED) is 0.782. The van der Waals surface area contributed by atoms with E-state index < -0.39 is 17.4 Å². The summed E-state index contributed by atoms with van der Waals surface area (Å²) in [5.41, 5.74) is -0.104. The van der Waals surface area contributed by atoms with Crippen LogP contribution in [0.5, 0.6) is 0 Å². The number of nitrogens with zero attached hydrogens (tertiary/aromatic N) is 2. The largest absolute Gasteiger partial charge is 0.327 e. The van der Waals surface area contributed by atoms with Crippen molar-refractivity contribution in [2.45, 2.75) is 19.9 Å². The van der Waals surface area contributed by atoms with Crippen LogP contribution in [0, 0.1) is 11.6 Å². The fraction of sp³-hybridized carbons (Fsp3) is 0.231. The number of carbonyl (C=O) groups is 1. The molecule has 2 rings (SSSR count). The van der Waals surface area contributed by atoms with Gasteiger partial charge >= 0.3 is 0 Å². The highest BCUT2D eigenvalue weighted by molar-refractivity contribution is 5.96. The van der Waals surface area contributed by atoms with Gasteiger partial charge in [0.2, 0.25) is 0 Å². The maximum Gasteiger partial charge on any atom is 0.185 e. The topological polar surface area (TPSA) is 34.9 Å². The summed E-state index contributed by atoms with van der Waals surface area (Å²) >= 11 is 0. The van der Waals surface area contributed by atoms with Gasteiger partial charge in [0, 0.05) is 24.9 Å². The van der Waals surface area contributed by atoms with E-state index in [0.717, 1.165) is 18.0 Å². The number of carbonyl (C=O) groups excluding carboxylic acids is 1. The number of imidazole rings is 1. The van der Waals surface area contributed by atoms with E-state index in [0.29, 0.717) is 12.5 Å². The Hall–Kier alpha value is -2.04. The zero-order valence-electron chi connectivity index (χ0n) is 9.86. The van der Waals surface area contributed by atoms with Gasteiger partial charge in [0.1, 0.15) is 17.5 Å². The molecule has 5 heteroatoms. The first-order valence-corrected chi connectivity index (χ1v) is 5.60. The maximum atomic E-state index is 13.4. The van der Waals surface area contributed by atoms with Crippen molar-refractivity contribution in [3.8, 4) is 0 Å². The molecule has 0 bridgehead atoms. The number of Topliss-reactive ketones (excluding diaryl/α,β-unsaturated/α-hetero) is 1. The summed E-state index contributed by atoms with van der Waals surface area (Å²) in [6.07, 6.45) is 3.94. The van der Waals surface area contributed by atoms with Gasteiger partial charge in [-0.2, -0.15) is 0 Å². The van der Waals surface area contributed by atoms with Gasteiger partial charge in [-0.05, 0) is 12.1 Å². The number of ketones is 1. The molecule has 0 saturated carbocycles. The Morgan fingerprint density at radius 1 is 1.39 bits per heavy atom. The monoisotopic (exact) mass is 250 g/mol. The maximum absolute atomic E-state index is 13.4. The molecule has 1 heterocycles. The Morgan fingerprint density at radius 2 is 2.17 bits per heavy atom. The number of aryl methyl sites for hydroxylation is 1. The minimum atomic E-state index is -0.835. The van der Waals surface area contributed by atoms with E-state index in [9.17, 15) is 13.6 Å². The van der Waals surface area contributed by atoms with Crippen LogP contribution in [-0.2, 0) is 13.0 Å². The fourth-order valence-electron chi connectivity index (χ4n) is 1.75. The minimum Gasteiger partial charge on any atom is -0.327 e. The second-order valence-electron chi connectivity index (χ2n) is 3.87. The van der Waals surface area contributed by atoms with Gasteiger partial charge in [0.05, 0.1) is 12.1 Å². The summed E-state index contributed by atoms with van der Waals surface area (Å²) in [4.78, 5) is 16.0. The van der Waals surface area contributed by atoms with Gasteiger partial charge in [-0.3, -0.25) is 4.79 Å². The molecule has 1 aromatic heterocycles. The van der Waals surface area contributed by atoms with Crippen molar-refractivity contribution in [1.29, 1.82) is 0 Å². The number of hydrogen-bond donors (Lipinski definition) is 0. The first-order chi connectivity index (χ1) is 8.61. The SMILES string of the molecule is CCc1nccn1CC(=O)c1ccc(F)cc1F. The van der Waals surface area contributed by atoms with Crippen molar-refractivity contribution in [1.82, 2.24) is 9.55 Å². The third-order valence-corrected chi connectivity index (χ3v) is 2.66. The van der Waals surface area contributed by atoms with E-state index in [4.69, 9.17) is 0 Å². The van der Waals surface area contributed by atoms with E-state index in [-0.39, 0.29) is 12.1 Å². The van der Waals surface area contributed by atoms with Gasteiger partial charge < -0.3 is 4.57 Å². The summed E-state index contributed by atoms with van der Waals surface area (Å²) < 4.78 is 27.8. The normalized spacial score (nSPS) is 10.6. The molecule has 0 aliphatic rings. The molecule has 0 atom stereocenters. The molecule has 1 aromatic carbocycles. The van der Waals surface area contributed by atoms with Gasteiger partial charge in [-0.1, -0.05) is 6.92 Å². The van der Waals surface area contributed by atoms with E-state index in [1.54, 1.807) is 17.0 Å². The van der Waals surface area contributed by atoms with Gasteiger partial charge in [-0.15, -0.1) is 0 Å². The number of rotatable bonds is 4. The molecule has 0 fully saturated rings. The predicted octanol–water partition coefficient (Wildman–Crippen LogP) is 2.61. The van der Waals surface area contributed by atoms with E-state index in [1.165, 1.54) is 0 Å². The second-order valence-corrected chi connectivity index (χ2v) is 3.87. The lowest BCUT2D eigenvalue weighted by molar-refractivity contribution is 0.0967. The summed E-state index contributed by atoms with van der Waals surface area (Å²) in [7, 11) is 0. The van der Waals surface area contributed by atoms with Crippen molar-refractivity contribution in [2.75, 3.05) is 0 Å². The van der Waals surface area contributed by atoms with Crippen LogP contribution in [0.25, 0.3) is 0 Å². The standard InChI is InChI=1S/C13H12F2N2O/c1-2-13-16-5-6-17(13)8-12(18)10-4-3-9(14)7-11(10)15/h3-7H,2,8H2,1H3. The smallest absolute Gasteiger partial charge is 0.185 e. The summed E-state index contributed by atoms with van der Waals surface area (Å²) in [6, 6.07) is 2.95. The lowest BCUT2D eigenvalue weighted by atomic mass is 10.1. The number of halogens is 2. The van der Waals surface area contributed by atoms with Crippen molar-refractivity contribution in [3.05, 3.63) is 53.6 Å². The molecule has 0 N–H and O–H groups in total. The van der Waals surface area contributed by atoms with Crippen LogP contribution in [-0.4, -0.2) is 15.3 Å². The van der Waals surface area contributed by atoms with Gasteiger partial charge in [-0.25, -0.2) is 13.8 Å². The molecule has 0 radical (unpaired) electrons. The molecule has 0 aliphatic heterocycles. The van der Waals surface area contributed by atoms with Crippen molar-refractivity contribution in [3.63, 3.8) is 0 Å². The summed E-state index contributed by atoms with van der Waals surface area (Å²) in [5.74, 6) is -1.18. The highest BCUT2D eigenvalue weighted by atomic mass is 19.1. The molecule has 0 spiro atoms. The Kier molecular flexibility index (Phi) is 3.50. The fourth-order valence-corrected chi connectivity index (χ4v) is 1.75. The molecule has 0 aliphatic carbocycles. The molecule has 2 aromatic rings. The lowest BCUT2D eigenvalue weighted by Crippen LogP contribution is -2.13. The Bertz CT molecular complexity index is 578. The molecular weight excluding hydrogens is 238 g/mol. The van der Waals surface area contributed by atoms with Crippen molar-refractivity contribution in [2.24, 2.45) is 0 Å². The Morgan fingerprint density at radius 3 is 2.83 bits per heavy atom. The third-order valence-electron chi connectivity index (χ3n) is 2.66. The minimum absolute atomic E-state index is 0.00568. The zero-order chi connectivity index (χ0) is 13.1. The highest BCUT2D eigenvalue weighted by Gasteiger charge is 2.14. The number of hydrogen-bond acceptors (Lipinski definition) is 2. The van der Waals surface area contributed by atoms with Crippen LogP contribution < -0.4 is 0 Å². The number of aromatic nitrogens is 2. The van der Waals surface area contributed by atoms with Crippen LogP contribution in [0.15, 0.2) is 30.6 Å². The van der Waals surface area contributed by atoms with Crippen molar-refractivity contribution >= 4 is 5.78 Å². The van der Waals surface area contributed by atoms with Crippen LogP contribution in [0.1, 0.15) is 23.1 Å². The summed E-state index contributed by atoms with van der Waals surface area (Å²) in [6.45, 7) is 1.92. The van der Waals surface area contributed by atoms with E-state index in [1.807, 2.05) is 6.92 Å². The Balaban J connectivity index is 2.22. The number of benzene rings is 1. The second kappa shape index (κ2) is 5.08. The molecule has 0 saturated heterocycles. The van der Waals surface area contributed by atoms with E-state index >= 15 is 0 Å². The van der Waals surface area contributed by atoms with Crippen LogP contribution >= 0.6 is 0 Å². The zero-order valence-corrected chi connectivity index (χ0v) is 9.86. The molecule has 3 nitrogen and oxygen atoms in total. The van der Waals surface area contributed by atoms with Crippen LogP contribution in [0.3, 0.4) is 0 Å². The Labute approximate surface area is 103 Å². The molecular formula is C13H12F2N2O. The molecule has 0 amide bonds. The van der Waals surface area contributed by atoms with Gasteiger partial charge in [0.15, 0.2) is 5.78 Å². The predicted molar refractivity (Wildman–Crippen MR) is 62.3 cm³/mol. The summed E-state index contributed by atoms with van der Waals surface area (Å²) in [5, 5.41) is 0. The first kappa shape index (κ1) is 12.4. The van der Waals surface area contributed by atoms with Crippen molar-refractivity contribution < 1.29 is 13.6 Å². The average Bonchev–Trinajstić information content (AvgIpc) is 2.76. The van der Waals surface area contributed by atoms with Gasteiger partial charge in [0.25, 0.3) is 0 Å². The average molecular weight is 250 g/mol. The first-order valence-electron chi connectivity index (χ1n) is 5.60. The third kappa shape index (κ3) is 2.45. The molecule has 0 unspecified atom stereocenters. The van der Waals surface area contributed by atoms with E-state index in [2.05, 4.69) is 4.98 Å². The van der Waals surface area contributed by atoms with Crippen LogP contribution in [0.2, 0.25) is 0 Å². The molecule has 18 heavy (non-hydrogen) atoms.